The predicted molar refractivity (Wildman–Crippen MR) is 63.0 cm³/mol. The smallest absolute Gasteiger partial charge is 0.209 e. The zero-order valence-corrected chi connectivity index (χ0v) is 10.3. The summed E-state index contributed by atoms with van der Waals surface area (Å²) >= 11 is 0. The summed E-state index contributed by atoms with van der Waals surface area (Å²) in [6.07, 6.45) is 0. The maximum absolute atomic E-state index is 13.5. The van der Waals surface area contributed by atoms with Gasteiger partial charge in [-0.3, -0.25) is 0 Å². The molecule has 2 nitrogen and oxygen atoms in total. The highest BCUT2D eigenvalue weighted by molar-refractivity contribution is 7.91. The molecule has 94 valence electrons. The number of halogens is 2. The van der Waals surface area contributed by atoms with Crippen LogP contribution < -0.4 is 0 Å². The number of hydrogen-bond acceptors (Lipinski definition) is 2. The van der Waals surface area contributed by atoms with E-state index in [1.165, 1.54) is 12.1 Å². The molecule has 2 aromatic rings. The molecule has 0 bridgehead atoms. The molecule has 0 aliphatic carbocycles. The van der Waals surface area contributed by atoms with Gasteiger partial charge in [0.05, 0.1) is 4.90 Å². The van der Waals surface area contributed by atoms with Crippen LogP contribution in [0.1, 0.15) is 5.56 Å². The molecule has 0 aliphatic heterocycles. The van der Waals surface area contributed by atoms with Crippen molar-refractivity contribution in [2.45, 2.75) is 16.7 Å². The second-order valence-corrected chi connectivity index (χ2v) is 5.81. The van der Waals surface area contributed by atoms with E-state index in [-0.39, 0.29) is 4.90 Å². The van der Waals surface area contributed by atoms with Crippen molar-refractivity contribution in [2.24, 2.45) is 0 Å². The molecular weight excluding hydrogens is 258 g/mol. The normalized spacial score (nSPS) is 11.5. The standard InChI is InChI=1S/C13H10F2O2S/c1-9-2-5-11(6-3-9)18(16,17)13-7-4-10(14)8-12(13)15/h2-8H,1H3. The van der Waals surface area contributed by atoms with Gasteiger partial charge in [-0.15, -0.1) is 0 Å². The molecule has 0 N–H and O–H groups in total. The maximum Gasteiger partial charge on any atom is 0.209 e. The predicted octanol–water partition coefficient (Wildman–Crippen LogP) is 3.11. The molecule has 2 aromatic carbocycles. The van der Waals surface area contributed by atoms with Crippen molar-refractivity contribution in [1.82, 2.24) is 0 Å². The summed E-state index contributed by atoms with van der Waals surface area (Å²) in [5.74, 6) is -1.90. The van der Waals surface area contributed by atoms with E-state index in [0.29, 0.717) is 6.07 Å². The summed E-state index contributed by atoms with van der Waals surface area (Å²) < 4.78 is 50.5. The minimum Gasteiger partial charge on any atom is -0.218 e. The second-order valence-electron chi connectivity index (χ2n) is 3.89. The van der Waals surface area contributed by atoms with Crippen LogP contribution in [0.3, 0.4) is 0 Å². The number of hydrogen-bond donors (Lipinski definition) is 0. The molecule has 18 heavy (non-hydrogen) atoms. The van der Waals surface area contributed by atoms with Crippen molar-refractivity contribution < 1.29 is 17.2 Å². The monoisotopic (exact) mass is 268 g/mol. The molecule has 0 fully saturated rings. The molecule has 0 saturated heterocycles. The van der Waals surface area contributed by atoms with Gasteiger partial charge in [-0.25, -0.2) is 17.2 Å². The maximum atomic E-state index is 13.5. The molecule has 0 heterocycles. The number of benzene rings is 2. The van der Waals surface area contributed by atoms with E-state index in [2.05, 4.69) is 0 Å². The highest BCUT2D eigenvalue weighted by Gasteiger charge is 2.21. The highest BCUT2D eigenvalue weighted by Crippen LogP contribution is 2.24. The van der Waals surface area contributed by atoms with E-state index < -0.39 is 26.4 Å². The molecule has 5 heteroatoms. The molecule has 0 unspecified atom stereocenters. The number of sulfone groups is 1. The van der Waals surface area contributed by atoms with Crippen molar-refractivity contribution in [2.75, 3.05) is 0 Å². The summed E-state index contributed by atoms with van der Waals surface area (Å²) in [6.45, 7) is 1.81. The Kier molecular flexibility index (Phi) is 3.17. The van der Waals surface area contributed by atoms with Crippen molar-refractivity contribution >= 4 is 9.84 Å². The van der Waals surface area contributed by atoms with Crippen LogP contribution in [0.15, 0.2) is 52.3 Å². The van der Waals surface area contributed by atoms with E-state index in [1.807, 2.05) is 6.92 Å². The fourth-order valence-corrected chi connectivity index (χ4v) is 2.85. The molecule has 0 amide bonds. The quantitative estimate of drug-likeness (QED) is 0.784. The van der Waals surface area contributed by atoms with Gasteiger partial charge in [0.1, 0.15) is 16.5 Å². The SMILES string of the molecule is Cc1ccc(S(=O)(=O)c2ccc(F)cc2F)cc1. The molecule has 0 aliphatic rings. The third-order valence-corrected chi connectivity index (χ3v) is 4.32. The second kappa shape index (κ2) is 4.49. The summed E-state index contributed by atoms with van der Waals surface area (Å²) in [4.78, 5) is -0.536. The fourth-order valence-electron chi connectivity index (χ4n) is 1.54. The third-order valence-electron chi connectivity index (χ3n) is 2.51. The zero-order chi connectivity index (χ0) is 13.3. The molecule has 0 saturated carbocycles. The van der Waals surface area contributed by atoms with Crippen LogP contribution in [-0.2, 0) is 9.84 Å². The first-order valence-electron chi connectivity index (χ1n) is 5.18. The van der Waals surface area contributed by atoms with Gasteiger partial charge in [-0.2, -0.15) is 0 Å². The van der Waals surface area contributed by atoms with Crippen LogP contribution in [0.5, 0.6) is 0 Å². The van der Waals surface area contributed by atoms with E-state index in [9.17, 15) is 17.2 Å². The number of aryl methyl sites for hydroxylation is 1. The first-order chi connectivity index (χ1) is 8.41. The highest BCUT2D eigenvalue weighted by atomic mass is 32.2. The zero-order valence-electron chi connectivity index (χ0n) is 9.52. The van der Waals surface area contributed by atoms with Crippen LogP contribution in [0.25, 0.3) is 0 Å². The van der Waals surface area contributed by atoms with Gasteiger partial charge < -0.3 is 0 Å². The van der Waals surface area contributed by atoms with Gasteiger partial charge in [0.2, 0.25) is 9.84 Å². The Morgan fingerprint density at radius 1 is 0.944 bits per heavy atom. The van der Waals surface area contributed by atoms with Gasteiger partial charge in [-0.1, -0.05) is 17.7 Å². The Labute approximate surface area is 104 Å². The average molecular weight is 268 g/mol. The number of rotatable bonds is 2. The van der Waals surface area contributed by atoms with E-state index >= 15 is 0 Å². The Hall–Kier alpha value is -1.75. The van der Waals surface area contributed by atoms with Gasteiger partial charge in [-0.05, 0) is 31.2 Å². The van der Waals surface area contributed by atoms with E-state index in [0.717, 1.165) is 17.7 Å². The molecule has 0 atom stereocenters. The minimum absolute atomic E-state index is 0.0152. The Morgan fingerprint density at radius 2 is 1.56 bits per heavy atom. The molecule has 0 radical (unpaired) electrons. The van der Waals surface area contributed by atoms with Crippen LogP contribution in [0.2, 0.25) is 0 Å². The van der Waals surface area contributed by atoms with Gasteiger partial charge in [0.15, 0.2) is 0 Å². The minimum atomic E-state index is -3.94. The van der Waals surface area contributed by atoms with Crippen molar-refractivity contribution in [3.63, 3.8) is 0 Å². The lowest BCUT2D eigenvalue weighted by Crippen LogP contribution is -2.05. The van der Waals surface area contributed by atoms with Crippen LogP contribution in [-0.4, -0.2) is 8.42 Å². The van der Waals surface area contributed by atoms with Crippen LogP contribution in [0, 0.1) is 18.6 Å². The third kappa shape index (κ3) is 2.26. The lowest BCUT2D eigenvalue weighted by molar-refractivity contribution is 0.549. The first kappa shape index (κ1) is 12.7. The van der Waals surface area contributed by atoms with Crippen molar-refractivity contribution in [3.8, 4) is 0 Å². The van der Waals surface area contributed by atoms with Crippen molar-refractivity contribution in [1.29, 1.82) is 0 Å². The van der Waals surface area contributed by atoms with Crippen LogP contribution in [0.4, 0.5) is 8.78 Å². The lowest BCUT2D eigenvalue weighted by atomic mass is 10.2. The van der Waals surface area contributed by atoms with Gasteiger partial charge in [0, 0.05) is 6.07 Å². The summed E-state index contributed by atoms with van der Waals surface area (Å²) in [5.41, 5.74) is 0.897. The first-order valence-corrected chi connectivity index (χ1v) is 6.66. The Morgan fingerprint density at radius 3 is 2.11 bits per heavy atom. The van der Waals surface area contributed by atoms with Gasteiger partial charge >= 0.3 is 0 Å². The summed E-state index contributed by atoms with van der Waals surface area (Å²) in [7, 11) is -3.94. The molecule has 2 rings (SSSR count). The average Bonchev–Trinajstić information content (AvgIpc) is 2.29. The fraction of sp³-hybridized carbons (Fsp3) is 0.0769. The van der Waals surface area contributed by atoms with E-state index in [4.69, 9.17) is 0 Å². The summed E-state index contributed by atoms with van der Waals surface area (Å²) in [6, 6.07) is 8.44. The molecule has 0 spiro atoms. The van der Waals surface area contributed by atoms with Gasteiger partial charge in [0.25, 0.3) is 0 Å². The Bertz CT molecular complexity index is 677. The molecular formula is C13H10F2O2S. The largest absolute Gasteiger partial charge is 0.218 e. The van der Waals surface area contributed by atoms with E-state index in [1.54, 1.807) is 12.1 Å². The van der Waals surface area contributed by atoms with Crippen LogP contribution >= 0.6 is 0 Å². The van der Waals surface area contributed by atoms with Crippen molar-refractivity contribution in [3.05, 3.63) is 59.7 Å². The summed E-state index contributed by atoms with van der Waals surface area (Å²) in [5, 5.41) is 0. The lowest BCUT2D eigenvalue weighted by Gasteiger charge is -2.06. The molecule has 0 aromatic heterocycles. The topological polar surface area (TPSA) is 34.1 Å². The Balaban J connectivity index is 2.58.